The summed E-state index contributed by atoms with van der Waals surface area (Å²) in [5.74, 6) is -1.05. The number of aromatic nitrogens is 2. The average molecular weight is 244 g/mol. The van der Waals surface area contributed by atoms with Gasteiger partial charge in [-0.1, -0.05) is 17.7 Å². The van der Waals surface area contributed by atoms with Crippen molar-refractivity contribution in [3.05, 3.63) is 46.6 Å². The topological polar surface area (TPSA) is 43.8 Å². The van der Waals surface area contributed by atoms with Crippen LogP contribution in [0, 0.1) is 11.6 Å². The van der Waals surface area contributed by atoms with E-state index in [1.165, 1.54) is 23.0 Å². The van der Waals surface area contributed by atoms with Crippen LogP contribution in [-0.2, 0) is 6.54 Å². The highest BCUT2D eigenvalue weighted by atomic mass is 35.5. The molecule has 0 aliphatic carbocycles. The number of nitrogen functional groups attached to an aromatic ring is 1. The summed E-state index contributed by atoms with van der Waals surface area (Å²) in [6, 6.07) is 3.37. The van der Waals surface area contributed by atoms with Crippen LogP contribution in [0.4, 0.5) is 14.6 Å². The van der Waals surface area contributed by atoms with Gasteiger partial charge in [0.15, 0.2) is 5.82 Å². The number of rotatable bonds is 2. The lowest BCUT2D eigenvalue weighted by atomic mass is 10.2. The van der Waals surface area contributed by atoms with Crippen LogP contribution < -0.4 is 5.73 Å². The van der Waals surface area contributed by atoms with Crippen molar-refractivity contribution in [1.29, 1.82) is 0 Å². The number of hydrogen-bond donors (Lipinski definition) is 1. The summed E-state index contributed by atoms with van der Waals surface area (Å²) in [5.41, 5.74) is 5.76. The average Bonchev–Trinajstić information content (AvgIpc) is 2.51. The van der Waals surface area contributed by atoms with E-state index < -0.39 is 11.6 Å². The fourth-order valence-corrected chi connectivity index (χ4v) is 1.47. The Balaban J connectivity index is 2.27. The van der Waals surface area contributed by atoms with E-state index in [0.717, 1.165) is 6.07 Å². The smallest absolute Gasteiger partial charge is 0.164 e. The third-order valence-electron chi connectivity index (χ3n) is 2.09. The molecule has 1 aromatic heterocycles. The molecule has 0 fully saturated rings. The number of nitrogens with zero attached hydrogens (tertiary/aromatic N) is 2. The van der Waals surface area contributed by atoms with Crippen LogP contribution in [0.3, 0.4) is 0 Å². The van der Waals surface area contributed by atoms with E-state index in [1.807, 2.05) is 0 Å². The first-order valence-corrected chi connectivity index (χ1v) is 4.86. The summed E-state index contributed by atoms with van der Waals surface area (Å²) in [4.78, 5) is 0. The molecule has 0 radical (unpaired) electrons. The molecule has 1 heterocycles. The summed E-state index contributed by atoms with van der Waals surface area (Å²) in [5, 5.41) is 4.18. The number of hydrogen-bond acceptors (Lipinski definition) is 2. The molecule has 16 heavy (non-hydrogen) atoms. The first-order chi connectivity index (χ1) is 7.56. The van der Waals surface area contributed by atoms with Crippen molar-refractivity contribution in [2.75, 3.05) is 5.73 Å². The zero-order chi connectivity index (χ0) is 11.7. The van der Waals surface area contributed by atoms with E-state index in [-0.39, 0.29) is 12.4 Å². The number of nitrogens with two attached hydrogens (primary N) is 1. The van der Waals surface area contributed by atoms with E-state index in [4.69, 9.17) is 17.3 Å². The normalized spacial score (nSPS) is 10.7. The van der Waals surface area contributed by atoms with Crippen molar-refractivity contribution in [3.8, 4) is 0 Å². The molecular formula is C10H8ClF2N3. The van der Waals surface area contributed by atoms with Gasteiger partial charge in [-0.2, -0.15) is 5.10 Å². The highest BCUT2D eigenvalue weighted by Gasteiger charge is 2.07. The highest BCUT2D eigenvalue weighted by Crippen LogP contribution is 2.17. The van der Waals surface area contributed by atoms with Gasteiger partial charge in [0.05, 0.1) is 6.54 Å². The van der Waals surface area contributed by atoms with Crippen molar-refractivity contribution in [3.63, 3.8) is 0 Å². The molecule has 0 atom stereocenters. The van der Waals surface area contributed by atoms with Crippen molar-refractivity contribution in [2.24, 2.45) is 0 Å². The first kappa shape index (κ1) is 10.9. The molecule has 2 rings (SSSR count). The Labute approximate surface area is 95.4 Å². The van der Waals surface area contributed by atoms with Crippen LogP contribution in [0.2, 0.25) is 5.02 Å². The van der Waals surface area contributed by atoms with Gasteiger partial charge in [-0.3, -0.25) is 4.68 Å². The molecule has 2 N–H and O–H groups in total. The maximum Gasteiger partial charge on any atom is 0.164 e. The van der Waals surface area contributed by atoms with E-state index in [1.54, 1.807) is 0 Å². The third-order valence-corrected chi connectivity index (χ3v) is 2.38. The molecule has 84 valence electrons. The molecule has 0 aliphatic heterocycles. The monoisotopic (exact) mass is 243 g/mol. The van der Waals surface area contributed by atoms with Crippen molar-refractivity contribution >= 4 is 17.4 Å². The molecule has 0 saturated carbocycles. The maximum atomic E-state index is 13.3. The largest absolute Gasteiger partial charge is 0.381 e. The molecule has 2 aromatic rings. The maximum absolute atomic E-state index is 13.3. The van der Waals surface area contributed by atoms with Gasteiger partial charge in [0, 0.05) is 17.8 Å². The molecule has 0 spiro atoms. The van der Waals surface area contributed by atoms with Crippen LogP contribution in [0.5, 0.6) is 0 Å². The van der Waals surface area contributed by atoms with E-state index in [2.05, 4.69) is 5.10 Å². The fourth-order valence-electron chi connectivity index (χ4n) is 1.32. The quantitative estimate of drug-likeness (QED) is 0.881. The van der Waals surface area contributed by atoms with Gasteiger partial charge in [0.1, 0.15) is 16.7 Å². The minimum Gasteiger partial charge on any atom is -0.381 e. The Morgan fingerprint density at radius 1 is 1.38 bits per heavy atom. The van der Waals surface area contributed by atoms with Gasteiger partial charge >= 0.3 is 0 Å². The zero-order valence-corrected chi connectivity index (χ0v) is 8.88. The lowest BCUT2D eigenvalue weighted by molar-refractivity contribution is 0.559. The zero-order valence-electron chi connectivity index (χ0n) is 8.12. The van der Waals surface area contributed by atoms with Gasteiger partial charge in [0.25, 0.3) is 0 Å². The number of anilines is 1. The van der Waals surface area contributed by atoms with Gasteiger partial charge in [-0.25, -0.2) is 8.78 Å². The predicted molar refractivity (Wildman–Crippen MR) is 57.1 cm³/mol. The molecule has 0 aliphatic rings. The molecule has 0 unspecified atom stereocenters. The Morgan fingerprint density at radius 3 is 2.69 bits per heavy atom. The minimum absolute atomic E-state index is 0.156. The second-order valence-corrected chi connectivity index (χ2v) is 3.70. The number of benzene rings is 1. The van der Waals surface area contributed by atoms with Crippen molar-refractivity contribution in [1.82, 2.24) is 9.78 Å². The highest BCUT2D eigenvalue weighted by molar-refractivity contribution is 6.32. The number of halogens is 3. The fraction of sp³-hybridized carbons (Fsp3) is 0.100. The minimum atomic E-state index is -0.620. The summed E-state index contributed by atoms with van der Waals surface area (Å²) < 4.78 is 27.3. The Bertz CT molecular complexity index is 505. The van der Waals surface area contributed by atoms with Crippen molar-refractivity contribution in [2.45, 2.75) is 6.54 Å². The third kappa shape index (κ3) is 2.14. The second-order valence-electron chi connectivity index (χ2n) is 3.30. The SMILES string of the molecule is Nc1nn(Cc2ccc(F)cc2F)cc1Cl. The van der Waals surface area contributed by atoms with Crippen LogP contribution in [0.1, 0.15) is 5.56 Å². The Hall–Kier alpha value is -1.62. The summed E-state index contributed by atoms with van der Waals surface area (Å²) >= 11 is 5.70. The van der Waals surface area contributed by atoms with E-state index in [0.29, 0.717) is 10.6 Å². The first-order valence-electron chi connectivity index (χ1n) is 4.48. The molecule has 6 heteroatoms. The Morgan fingerprint density at radius 2 is 2.12 bits per heavy atom. The lowest BCUT2D eigenvalue weighted by Crippen LogP contribution is -2.03. The van der Waals surface area contributed by atoms with Gasteiger partial charge < -0.3 is 5.73 Å². The summed E-state index contributed by atoms with van der Waals surface area (Å²) in [7, 11) is 0. The molecule has 0 amide bonds. The van der Waals surface area contributed by atoms with Crippen molar-refractivity contribution < 1.29 is 8.78 Å². The summed E-state index contributed by atoms with van der Waals surface area (Å²) in [6.45, 7) is 0.156. The molecular weight excluding hydrogens is 236 g/mol. The van der Waals surface area contributed by atoms with Crippen LogP contribution >= 0.6 is 11.6 Å². The Kier molecular flexibility index (Phi) is 2.78. The molecule has 1 aromatic carbocycles. The van der Waals surface area contributed by atoms with Gasteiger partial charge in [0.2, 0.25) is 0 Å². The van der Waals surface area contributed by atoms with E-state index in [9.17, 15) is 8.78 Å². The van der Waals surface area contributed by atoms with Crippen LogP contribution in [-0.4, -0.2) is 9.78 Å². The lowest BCUT2D eigenvalue weighted by Gasteiger charge is -2.03. The van der Waals surface area contributed by atoms with Gasteiger partial charge in [-0.05, 0) is 6.07 Å². The second kappa shape index (κ2) is 4.09. The molecule has 0 bridgehead atoms. The molecule has 3 nitrogen and oxygen atoms in total. The van der Waals surface area contributed by atoms with Gasteiger partial charge in [-0.15, -0.1) is 0 Å². The van der Waals surface area contributed by atoms with Crippen LogP contribution in [0.15, 0.2) is 24.4 Å². The molecule has 0 saturated heterocycles. The van der Waals surface area contributed by atoms with Crippen LogP contribution in [0.25, 0.3) is 0 Å². The standard InChI is InChI=1S/C10H8ClF2N3/c11-8-5-16(15-10(8)14)4-6-1-2-7(12)3-9(6)13/h1-3,5H,4H2,(H2,14,15). The van der Waals surface area contributed by atoms with E-state index >= 15 is 0 Å². The predicted octanol–water partition coefficient (Wildman–Crippen LogP) is 2.45. The summed E-state index contributed by atoms with van der Waals surface area (Å²) in [6.07, 6.45) is 1.49.